The number of benzene rings is 1. The van der Waals surface area contributed by atoms with Crippen molar-refractivity contribution in [3.8, 4) is 0 Å². The molecule has 0 aliphatic heterocycles. The fourth-order valence-corrected chi connectivity index (χ4v) is 1.89. The summed E-state index contributed by atoms with van der Waals surface area (Å²) in [5, 5.41) is 6.76. The van der Waals surface area contributed by atoms with Crippen LogP contribution in [-0.2, 0) is 0 Å². The van der Waals surface area contributed by atoms with Gasteiger partial charge in [0.2, 0.25) is 5.95 Å². The monoisotopic (exact) mass is 326 g/mol. The molecule has 6 heteroatoms. The highest BCUT2D eigenvalue weighted by Gasteiger charge is 2.03. The van der Waals surface area contributed by atoms with E-state index in [4.69, 9.17) is 11.6 Å². The van der Waals surface area contributed by atoms with Gasteiger partial charge in [0.15, 0.2) is 0 Å². The Morgan fingerprint density at radius 2 is 2.00 bits per heavy atom. The molecule has 1 heterocycles. The predicted molar refractivity (Wildman–Crippen MR) is 78.8 cm³/mol. The van der Waals surface area contributed by atoms with Crippen molar-refractivity contribution >= 4 is 45.0 Å². The smallest absolute Gasteiger partial charge is 0.224 e. The van der Waals surface area contributed by atoms with Crippen LogP contribution in [0.3, 0.4) is 0 Å². The van der Waals surface area contributed by atoms with E-state index in [9.17, 15) is 0 Å². The summed E-state index contributed by atoms with van der Waals surface area (Å²) in [5.74, 6) is 1.31. The Balaban J connectivity index is 2.27. The quantitative estimate of drug-likeness (QED) is 0.895. The maximum Gasteiger partial charge on any atom is 0.224 e. The molecule has 1 aromatic carbocycles. The van der Waals surface area contributed by atoms with Crippen LogP contribution in [0.1, 0.15) is 5.69 Å². The second-order valence-corrected chi connectivity index (χ2v) is 4.98. The van der Waals surface area contributed by atoms with Crippen molar-refractivity contribution in [3.05, 3.63) is 39.5 Å². The van der Waals surface area contributed by atoms with E-state index in [1.807, 2.05) is 31.2 Å². The van der Waals surface area contributed by atoms with Crippen LogP contribution in [0, 0.1) is 6.92 Å². The second kappa shape index (κ2) is 5.54. The predicted octanol–water partition coefficient (Wildman–Crippen LogP) is 3.99. The molecule has 18 heavy (non-hydrogen) atoms. The van der Waals surface area contributed by atoms with Crippen molar-refractivity contribution in [1.82, 2.24) is 9.97 Å². The topological polar surface area (TPSA) is 49.8 Å². The van der Waals surface area contributed by atoms with Crippen molar-refractivity contribution in [1.29, 1.82) is 0 Å². The average Bonchev–Trinajstić information content (AvgIpc) is 2.33. The molecule has 0 unspecified atom stereocenters. The molecule has 0 amide bonds. The van der Waals surface area contributed by atoms with E-state index in [2.05, 4.69) is 36.5 Å². The van der Waals surface area contributed by atoms with Crippen LogP contribution in [0.25, 0.3) is 0 Å². The first kappa shape index (κ1) is 13.1. The van der Waals surface area contributed by atoms with Crippen LogP contribution in [0.5, 0.6) is 0 Å². The van der Waals surface area contributed by atoms with Gasteiger partial charge in [-0.15, -0.1) is 0 Å². The molecule has 94 valence electrons. The number of hydrogen-bond donors (Lipinski definition) is 2. The molecule has 0 radical (unpaired) electrons. The first-order chi connectivity index (χ1) is 8.58. The molecule has 0 saturated carbocycles. The fraction of sp³-hybridized carbons (Fsp3) is 0.167. The summed E-state index contributed by atoms with van der Waals surface area (Å²) in [6.07, 6.45) is 0. The number of anilines is 3. The molecule has 2 aromatic rings. The lowest BCUT2D eigenvalue weighted by Crippen LogP contribution is -2.01. The van der Waals surface area contributed by atoms with Crippen molar-refractivity contribution in [2.24, 2.45) is 0 Å². The minimum atomic E-state index is 0.584. The van der Waals surface area contributed by atoms with Gasteiger partial charge in [-0.05, 0) is 41.1 Å². The molecule has 0 bridgehead atoms. The lowest BCUT2D eigenvalue weighted by Gasteiger charge is -2.09. The van der Waals surface area contributed by atoms with E-state index >= 15 is 0 Å². The summed E-state index contributed by atoms with van der Waals surface area (Å²) in [6.45, 7) is 1.92. The van der Waals surface area contributed by atoms with Crippen molar-refractivity contribution in [2.45, 2.75) is 6.92 Å². The van der Waals surface area contributed by atoms with Crippen LogP contribution in [-0.4, -0.2) is 17.0 Å². The minimum Gasteiger partial charge on any atom is -0.357 e. The number of nitrogens with zero attached hydrogens (tertiary/aromatic N) is 2. The molecule has 2 N–H and O–H groups in total. The highest BCUT2D eigenvalue weighted by atomic mass is 79.9. The molecule has 0 aliphatic rings. The SMILES string of the molecule is CNc1nc(C)cc(Nc2ccc(Br)c(Cl)c2)n1. The third-order valence-electron chi connectivity index (χ3n) is 2.27. The van der Waals surface area contributed by atoms with Crippen molar-refractivity contribution in [3.63, 3.8) is 0 Å². The Labute approximate surface area is 119 Å². The third-order valence-corrected chi connectivity index (χ3v) is 3.50. The van der Waals surface area contributed by atoms with Crippen LogP contribution >= 0.6 is 27.5 Å². The summed E-state index contributed by atoms with van der Waals surface area (Å²) in [4.78, 5) is 8.54. The van der Waals surface area contributed by atoms with E-state index in [1.54, 1.807) is 7.05 Å². The molecule has 0 fully saturated rings. The molecule has 2 rings (SSSR count). The van der Waals surface area contributed by atoms with Crippen LogP contribution in [0.4, 0.5) is 17.5 Å². The number of aryl methyl sites for hydroxylation is 1. The van der Waals surface area contributed by atoms with Gasteiger partial charge in [0.05, 0.1) is 5.02 Å². The Morgan fingerprint density at radius 3 is 2.67 bits per heavy atom. The van der Waals surface area contributed by atoms with Gasteiger partial charge < -0.3 is 10.6 Å². The maximum atomic E-state index is 6.04. The molecular formula is C12H12BrClN4. The third kappa shape index (κ3) is 3.11. The first-order valence-corrected chi connectivity index (χ1v) is 6.51. The summed E-state index contributed by atoms with van der Waals surface area (Å²) in [7, 11) is 1.79. The van der Waals surface area contributed by atoms with Crippen LogP contribution in [0.2, 0.25) is 5.02 Å². The zero-order chi connectivity index (χ0) is 13.1. The van der Waals surface area contributed by atoms with Gasteiger partial charge in [0.25, 0.3) is 0 Å². The highest BCUT2D eigenvalue weighted by molar-refractivity contribution is 9.10. The van der Waals surface area contributed by atoms with Gasteiger partial charge in [0.1, 0.15) is 5.82 Å². The van der Waals surface area contributed by atoms with Gasteiger partial charge in [-0.25, -0.2) is 4.98 Å². The summed E-state index contributed by atoms with van der Waals surface area (Å²) in [6, 6.07) is 7.52. The zero-order valence-corrected chi connectivity index (χ0v) is 12.3. The lowest BCUT2D eigenvalue weighted by atomic mass is 10.3. The van der Waals surface area contributed by atoms with E-state index < -0.39 is 0 Å². The minimum absolute atomic E-state index is 0.584. The molecule has 0 aliphatic carbocycles. The Morgan fingerprint density at radius 1 is 1.22 bits per heavy atom. The van der Waals surface area contributed by atoms with Gasteiger partial charge >= 0.3 is 0 Å². The van der Waals surface area contributed by atoms with E-state index in [0.29, 0.717) is 11.0 Å². The molecule has 4 nitrogen and oxygen atoms in total. The zero-order valence-electron chi connectivity index (χ0n) is 9.96. The molecule has 0 saturated heterocycles. The molecule has 0 atom stereocenters. The van der Waals surface area contributed by atoms with Crippen LogP contribution in [0.15, 0.2) is 28.7 Å². The van der Waals surface area contributed by atoms with E-state index in [1.165, 1.54) is 0 Å². The van der Waals surface area contributed by atoms with Gasteiger partial charge in [-0.2, -0.15) is 4.98 Å². The fourth-order valence-electron chi connectivity index (χ4n) is 1.47. The molecular weight excluding hydrogens is 316 g/mol. The highest BCUT2D eigenvalue weighted by Crippen LogP contribution is 2.27. The second-order valence-electron chi connectivity index (χ2n) is 3.72. The van der Waals surface area contributed by atoms with Crippen LogP contribution < -0.4 is 10.6 Å². The van der Waals surface area contributed by atoms with E-state index in [0.717, 1.165) is 21.7 Å². The maximum absolute atomic E-state index is 6.04. The van der Waals surface area contributed by atoms with Gasteiger partial charge in [-0.1, -0.05) is 11.6 Å². The summed E-state index contributed by atoms with van der Waals surface area (Å²) < 4.78 is 0.865. The van der Waals surface area contributed by atoms with Crippen molar-refractivity contribution < 1.29 is 0 Å². The number of halogens is 2. The van der Waals surface area contributed by atoms with E-state index in [-0.39, 0.29) is 0 Å². The Bertz CT molecular complexity index is 574. The molecule has 0 spiro atoms. The number of hydrogen-bond acceptors (Lipinski definition) is 4. The van der Waals surface area contributed by atoms with Gasteiger partial charge in [-0.3, -0.25) is 0 Å². The number of rotatable bonds is 3. The summed E-state index contributed by atoms with van der Waals surface area (Å²) >= 11 is 9.39. The number of aromatic nitrogens is 2. The molecule has 1 aromatic heterocycles. The summed E-state index contributed by atoms with van der Waals surface area (Å²) in [5.41, 5.74) is 1.77. The Hall–Kier alpha value is -1.33. The lowest BCUT2D eigenvalue weighted by molar-refractivity contribution is 1.10. The number of nitrogens with one attached hydrogen (secondary N) is 2. The largest absolute Gasteiger partial charge is 0.357 e. The van der Waals surface area contributed by atoms with Gasteiger partial charge in [0, 0.05) is 29.0 Å². The Kier molecular flexibility index (Phi) is 4.04. The normalized spacial score (nSPS) is 10.2. The standard InChI is InChI=1S/C12H12BrClN4/c1-7-5-11(18-12(15-2)16-7)17-8-3-4-9(13)10(14)6-8/h3-6H,1-2H3,(H2,15,16,17,18). The average molecular weight is 328 g/mol. The first-order valence-electron chi connectivity index (χ1n) is 5.34. The van der Waals surface area contributed by atoms with Crippen molar-refractivity contribution in [2.75, 3.05) is 17.7 Å².